The van der Waals surface area contributed by atoms with E-state index in [1.165, 1.54) is 31.2 Å². The van der Waals surface area contributed by atoms with Crippen molar-refractivity contribution in [2.24, 2.45) is 0 Å². The second kappa shape index (κ2) is 6.62. The Balaban J connectivity index is 2.34. The Labute approximate surface area is 103 Å². The lowest BCUT2D eigenvalue weighted by atomic mass is 10.1. The first kappa shape index (κ1) is 12.3. The Morgan fingerprint density at radius 2 is 1.79 bits per heavy atom. The third-order valence-electron chi connectivity index (χ3n) is 2.26. The number of hydrogen-bond donors (Lipinski definition) is 0. The zero-order valence-electron chi connectivity index (χ0n) is 8.47. The van der Waals surface area contributed by atoms with Gasteiger partial charge in [0.25, 0.3) is 0 Å². The molecule has 0 aliphatic carbocycles. The monoisotopic (exact) mass is 318 g/mol. The zero-order valence-corrected chi connectivity index (χ0v) is 11.6. The minimum absolute atomic E-state index is 0.677. The van der Waals surface area contributed by atoms with Gasteiger partial charge in [0.05, 0.1) is 0 Å². The van der Waals surface area contributed by atoms with E-state index in [1.54, 1.807) is 0 Å². The molecule has 0 N–H and O–H groups in total. The van der Waals surface area contributed by atoms with E-state index in [-0.39, 0.29) is 0 Å². The first-order valence-corrected chi connectivity index (χ1v) is 6.81. The Hall–Kier alpha value is 0.180. The summed E-state index contributed by atoms with van der Waals surface area (Å²) >= 11 is 7.14. The van der Waals surface area contributed by atoms with Crippen LogP contribution >= 0.6 is 31.9 Å². The van der Waals surface area contributed by atoms with Crippen LogP contribution in [-0.2, 0) is 6.42 Å². The minimum atomic E-state index is 0.677. The number of benzene rings is 1. The van der Waals surface area contributed by atoms with E-state index in [2.05, 4.69) is 63.0 Å². The molecule has 1 aromatic rings. The number of alkyl halides is 1. The number of rotatable bonds is 5. The van der Waals surface area contributed by atoms with Crippen molar-refractivity contribution < 1.29 is 0 Å². The molecule has 0 aliphatic heterocycles. The van der Waals surface area contributed by atoms with Gasteiger partial charge in [-0.2, -0.15) is 0 Å². The molecule has 0 radical (unpaired) electrons. The number of aryl methyl sites for hydroxylation is 1. The van der Waals surface area contributed by atoms with Gasteiger partial charge in [-0.1, -0.05) is 57.3 Å². The van der Waals surface area contributed by atoms with E-state index < -0.39 is 0 Å². The van der Waals surface area contributed by atoms with Crippen molar-refractivity contribution in [2.45, 2.75) is 37.4 Å². The summed E-state index contributed by atoms with van der Waals surface area (Å²) in [7, 11) is 0. The fourth-order valence-corrected chi connectivity index (χ4v) is 2.38. The molecule has 14 heavy (non-hydrogen) atoms. The standard InChI is InChI=1S/C12H16Br2/c1-2-3-11(13)7-4-10-5-8-12(14)9-6-10/h5-6,8-9,11H,2-4,7H2,1H3. The van der Waals surface area contributed by atoms with Gasteiger partial charge in [0, 0.05) is 9.30 Å². The third-order valence-corrected chi connectivity index (χ3v) is 3.71. The SMILES string of the molecule is CCCC(Br)CCc1ccc(Br)cc1. The molecule has 0 saturated heterocycles. The van der Waals surface area contributed by atoms with E-state index in [0.717, 1.165) is 4.47 Å². The molecule has 0 fully saturated rings. The molecule has 0 nitrogen and oxygen atoms in total. The fraction of sp³-hybridized carbons (Fsp3) is 0.500. The van der Waals surface area contributed by atoms with Crippen LogP contribution in [-0.4, -0.2) is 4.83 Å². The van der Waals surface area contributed by atoms with Crippen molar-refractivity contribution in [3.05, 3.63) is 34.3 Å². The fourth-order valence-electron chi connectivity index (χ4n) is 1.43. The second-order valence-corrected chi connectivity index (χ2v) is 5.76. The number of hydrogen-bond acceptors (Lipinski definition) is 0. The molecule has 1 unspecified atom stereocenters. The normalized spacial score (nSPS) is 12.8. The summed E-state index contributed by atoms with van der Waals surface area (Å²) in [5.74, 6) is 0. The molecule has 0 aromatic heterocycles. The average Bonchev–Trinajstić information content (AvgIpc) is 2.17. The lowest BCUT2D eigenvalue weighted by Gasteiger charge is -2.07. The lowest BCUT2D eigenvalue weighted by Crippen LogP contribution is -1.99. The molecule has 0 heterocycles. The van der Waals surface area contributed by atoms with Crippen LogP contribution in [0.15, 0.2) is 28.7 Å². The first-order valence-electron chi connectivity index (χ1n) is 5.11. The van der Waals surface area contributed by atoms with E-state index >= 15 is 0 Å². The van der Waals surface area contributed by atoms with Gasteiger partial charge in [-0.3, -0.25) is 0 Å². The summed E-state index contributed by atoms with van der Waals surface area (Å²) < 4.78 is 1.16. The molecule has 1 aromatic carbocycles. The van der Waals surface area contributed by atoms with Gasteiger partial charge in [0.2, 0.25) is 0 Å². The second-order valence-electron chi connectivity index (χ2n) is 3.55. The molecule has 0 saturated carbocycles. The highest BCUT2D eigenvalue weighted by Crippen LogP contribution is 2.17. The maximum atomic E-state index is 3.70. The molecule has 1 rings (SSSR count). The van der Waals surface area contributed by atoms with Crippen molar-refractivity contribution in [3.8, 4) is 0 Å². The maximum absolute atomic E-state index is 3.70. The predicted molar refractivity (Wildman–Crippen MR) is 70.1 cm³/mol. The Morgan fingerprint density at radius 1 is 1.14 bits per heavy atom. The van der Waals surface area contributed by atoms with E-state index in [9.17, 15) is 0 Å². The van der Waals surface area contributed by atoms with Crippen molar-refractivity contribution in [1.29, 1.82) is 0 Å². The predicted octanol–water partition coefficient (Wildman–Crippen LogP) is 4.95. The van der Waals surface area contributed by atoms with Crippen molar-refractivity contribution in [1.82, 2.24) is 0 Å². The smallest absolute Gasteiger partial charge is 0.0175 e. The summed E-state index contributed by atoms with van der Waals surface area (Å²) in [4.78, 5) is 0.677. The first-order chi connectivity index (χ1) is 6.72. The Morgan fingerprint density at radius 3 is 2.36 bits per heavy atom. The maximum Gasteiger partial charge on any atom is 0.0175 e. The lowest BCUT2D eigenvalue weighted by molar-refractivity contribution is 0.693. The highest BCUT2D eigenvalue weighted by atomic mass is 79.9. The van der Waals surface area contributed by atoms with Crippen LogP contribution < -0.4 is 0 Å². The molecule has 0 bridgehead atoms. The topological polar surface area (TPSA) is 0 Å². The van der Waals surface area contributed by atoms with Crippen LogP contribution in [0.25, 0.3) is 0 Å². The van der Waals surface area contributed by atoms with E-state index in [1.807, 2.05) is 0 Å². The van der Waals surface area contributed by atoms with Gasteiger partial charge in [-0.15, -0.1) is 0 Å². The number of halogens is 2. The molecule has 0 amide bonds. The van der Waals surface area contributed by atoms with E-state index in [4.69, 9.17) is 0 Å². The van der Waals surface area contributed by atoms with E-state index in [0.29, 0.717) is 4.83 Å². The molecular formula is C12H16Br2. The van der Waals surface area contributed by atoms with Crippen LogP contribution in [0.1, 0.15) is 31.7 Å². The summed E-state index contributed by atoms with van der Waals surface area (Å²) in [6, 6.07) is 8.60. The molecule has 78 valence electrons. The van der Waals surface area contributed by atoms with Crippen molar-refractivity contribution >= 4 is 31.9 Å². The molecule has 2 heteroatoms. The van der Waals surface area contributed by atoms with Crippen LogP contribution in [0.5, 0.6) is 0 Å². The van der Waals surface area contributed by atoms with Gasteiger partial charge in [0.1, 0.15) is 0 Å². The molecule has 0 aliphatic rings. The minimum Gasteiger partial charge on any atom is -0.0891 e. The summed E-state index contributed by atoms with van der Waals surface area (Å²) in [6.45, 7) is 2.23. The average molecular weight is 320 g/mol. The molecular weight excluding hydrogens is 304 g/mol. The van der Waals surface area contributed by atoms with Gasteiger partial charge >= 0.3 is 0 Å². The Kier molecular flexibility index (Phi) is 5.80. The van der Waals surface area contributed by atoms with Crippen LogP contribution in [0.3, 0.4) is 0 Å². The van der Waals surface area contributed by atoms with Crippen molar-refractivity contribution in [2.75, 3.05) is 0 Å². The molecule has 0 spiro atoms. The van der Waals surface area contributed by atoms with Crippen molar-refractivity contribution in [3.63, 3.8) is 0 Å². The summed E-state index contributed by atoms with van der Waals surface area (Å²) in [5, 5.41) is 0. The van der Waals surface area contributed by atoms with Gasteiger partial charge in [-0.25, -0.2) is 0 Å². The van der Waals surface area contributed by atoms with Crippen LogP contribution in [0.2, 0.25) is 0 Å². The van der Waals surface area contributed by atoms with Gasteiger partial charge < -0.3 is 0 Å². The zero-order chi connectivity index (χ0) is 10.4. The van der Waals surface area contributed by atoms with Crippen LogP contribution in [0.4, 0.5) is 0 Å². The largest absolute Gasteiger partial charge is 0.0891 e. The Bertz CT molecular complexity index is 254. The third kappa shape index (κ3) is 4.61. The van der Waals surface area contributed by atoms with Gasteiger partial charge in [0.15, 0.2) is 0 Å². The summed E-state index contributed by atoms with van der Waals surface area (Å²) in [6.07, 6.45) is 4.94. The molecule has 1 atom stereocenters. The highest BCUT2D eigenvalue weighted by molar-refractivity contribution is 9.10. The van der Waals surface area contributed by atoms with Gasteiger partial charge in [-0.05, 0) is 37.0 Å². The summed E-state index contributed by atoms with van der Waals surface area (Å²) in [5.41, 5.74) is 1.42. The van der Waals surface area contributed by atoms with Crippen LogP contribution in [0, 0.1) is 0 Å². The quantitative estimate of drug-likeness (QED) is 0.674. The highest BCUT2D eigenvalue weighted by Gasteiger charge is 2.02.